The summed E-state index contributed by atoms with van der Waals surface area (Å²) in [4.78, 5) is 0.436. The van der Waals surface area contributed by atoms with Crippen LogP contribution in [0, 0.1) is 5.41 Å². The Morgan fingerprint density at radius 1 is 1.06 bits per heavy atom. The molecule has 0 aliphatic rings. The molecular weight excluding hydrogens is 260 g/mol. The zero-order valence-electron chi connectivity index (χ0n) is 11.0. The van der Waals surface area contributed by atoms with Crippen molar-refractivity contribution in [1.29, 1.82) is 0 Å². The summed E-state index contributed by atoms with van der Waals surface area (Å²) in [7, 11) is 0. The molecule has 0 aromatic heterocycles. The monoisotopic (exact) mass is 282 g/mol. The summed E-state index contributed by atoms with van der Waals surface area (Å²) >= 11 is 3.83. The first-order chi connectivity index (χ1) is 7.38. The van der Waals surface area contributed by atoms with Gasteiger partial charge in [0.05, 0.1) is 0 Å². The molecule has 90 valence electrons. The Morgan fingerprint density at radius 3 is 1.88 bits per heavy atom. The van der Waals surface area contributed by atoms with E-state index in [1.54, 1.807) is 0 Å². The molecule has 1 aromatic rings. The molecule has 16 heavy (non-hydrogen) atoms. The van der Waals surface area contributed by atoms with Crippen LogP contribution in [0.4, 0.5) is 0 Å². The van der Waals surface area contributed by atoms with Crippen molar-refractivity contribution in [3.63, 3.8) is 0 Å². The van der Waals surface area contributed by atoms with E-state index in [1.165, 1.54) is 17.5 Å². The van der Waals surface area contributed by atoms with Gasteiger partial charge in [0.1, 0.15) is 0 Å². The van der Waals surface area contributed by atoms with Gasteiger partial charge < -0.3 is 0 Å². The van der Waals surface area contributed by atoms with E-state index in [2.05, 4.69) is 74.8 Å². The maximum Gasteiger partial charge on any atom is 0.0446 e. The van der Waals surface area contributed by atoms with Gasteiger partial charge in [-0.1, -0.05) is 74.8 Å². The molecule has 0 heterocycles. The highest BCUT2D eigenvalue weighted by atomic mass is 79.9. The van der Waals surface area contributed by atoms with E-state index in [-0.39, 0.29) is 0 Å². The van der Waals surface area contributed by atoms with Crippen molar-refractivity contribution in [3.8, 4) is 0 Å². The number of halogens is 1. The minimum absolute atomic E-state index is 0.305. The quantitative estimate of drug-likeness (QED) is 0.623. The van der Waals surface area contributed by atoms with Crippen molar-refractivity contribution in [3.05, 3.63) is 35.4 Å². The molecule has 0 aliphatic carbocycles. The predicted molar refractivity (Wildman–Crippen MR) is 76.3 cm³/mol. The minimum atomic E-state index is 0.305. The van der Waals surface area contributed by atoms with Gasteiger partial charge in [-0.05, 0) is 28.9 Å². The third-order valence-corrected chi connectivity index (χ3v) is 5.26. The molecule has 0 amide bonds. The van der Waals surface area contributed by atoms with Crippen LogP contribution in [0.3, 0.4) is 0 Å². The van der Waals surface area contributed by atoms with E-state index >= 15 is 0 Å². The summed E-state index contributed by atoms with van der Waals surface area (Å²) < 4.78 is 0. The van der Waals surface area contributed by atoms with Gasteiger partial charge in [0.15, 0.2) is 0 Å². The maximum atomic E-state index is 3.83. The Morgan fingerprint density at radius 2 is 1.50 bits per heavy atom. The topological polar surface area (TPSA) is 0 Å². The highest BCUT2D eigenvalue weighted by molar-refractivity contribution is 9.09. The van der Waals surface area contributed by atoms with Gasteiger partial charge in [0.25, 0.3) is 0 Å². The molecule has 1 heteroatoms. The molecule has 0 fully saturated rings. The SMILES string of the molecule is CCC(C)(C)C(Br)c1ccc(C(C)C)cc1. The molecule has 1 rings (SSSR count). The van der Waals surface area contributed by atoms with Crippen molar-refractivity contribution in [1.82, 2.24) is 0 Å². The second-order valence-corrected chi connectivity index (χ2v) is 6.44. The largest absolute Gasteiger partial charge is 0.0833 e. The van der Waals surface area contributed by atoms with Crippen molar-refractivity contribution < 1.29 is 0 Å². The van der Waals surface area contributed by atoms with Gasteiger partial charge in [0.2, 0.25) is 0 Å². The first-order valence-corrected chi connectivity index (χ1v) is 7.04. The molecule has 1 unspecified atom stereocenters. The number of alkyl halides is 1. The smallest absolute Gasteiger partial charge is 0.0446 e. The summed E-state index contributed by atoms with van der Waals surface area (Å²) in [5, 5.41) is 0. The zero-order valence-corrected chi connectivity index (χ0v) is 12.6. The second kappa shape index (κ2) is 5.35. The molecule has 0 bridgehead atoms. The lowest BCUT2D eigenvalue weighted by Crippen LogP contribution is -2.16. The third-order valence-electron chi connectivity index (χ3n) is 3.49. The van der Waals surface area contributed by atoms with Crippen LogP contribution in [-0.4, -0.2) is 0 Å². The van der Waals surface area contributed by atoms with Crippen LogP contribution in [0.1, 0.15) is 62.9 Å². The van der Waals surface area contributed by atoms with Crippen molar-refractivity contribution in [2.24, 2.45) is 5.41 Å². The lowest BCUT2D eigenvalue weighted by molar-refractivity contribution is 0.346. The fourth-order valence-corrected chi connectivity index (χ4v) is 2.31. The molecule has 1 atom stereocenters. The Labute approximate surface area is 109 Å². The highest BCUT2D eigenvalue weighted by Crippen LogP contribution is 2.42. The van der Waals surface area contributed by atoms with Gasteiger partial charge in [-0.2, -0.15) is 0 Å². The van der Waals surface area contributed by atoms with Crippen LogP contribution in [0.5, 0.6) is 0 Å². The van der Waals surface area contributed by atoms with Crippen LogP contribution in [0.15, 0.2) is 24.3 Å². The van der Waals surface area contributed by atoms with Crippen LogP contribution >= 0.6 is 15.9 Å². The fraction of sp³-hybridized carbons (Fsp3) is 0.600. The van der Waals surface area contributed by atoms with Gasteiger partial charge in [-0.25, -0.2) is 0 Å². The molecule has 0 saturated carbocycles. The number of hydrogen-bond donors (Lipinski definition) is 0. The Balaban J connectivity index is 2.90. The number of rotatable bonds is 4. The molecule has 1 aromatic carbocycles. The van der Waals surface area contributed by atoms with Crippen molar-refractivity contribution in [2.75, 3.05) is 0 Å². The second-order valence-electron chi connectivity index (χ2n) is 5.53. The Hall–Kier alpha value is -0.300. The lowest BCUT2D eigenvalue weighted by atomic mass is 9.83. The summed E-state index contributed by atoms with van der Waals surface area (Å²) in [6, 6.07) is 9.01. The van der Waals surface area contributed by atoms with Gasteiger partial charge in [0, 0.05) is 4.83 Å². The Kier molecular flexibility index (Phi) is 4.61. The maximum absolute atomic E-state index is 3.83. The molecule has 0 aliphatic heterocycles. The van der Waals surface area contributed by atoms with Crippen molar-refractivity contribution in [2.45, 2.75) is 51.8 Å². The first kappa shape index (κ1) is 13.8. The van der Waals surface area contributed by atoms with Gasteiger partial charge in [-0.15, -0.1) is 0 Å². The number of hydrogen-bond acceptors (Lipinski definition) is 0. The van der Waals surface area contributed by atoms with Crippen LogP contribution < -0.4 is 0 Å². The van der Waals surface area contributed by atoms with Crippen LogP contribution in [0.2, 0.25) is 0 Å². The predicted octanol–water partition coefficient (Wildman–Crippen LogP) is 5.68. The molecule has 0 nitrogen and oxygen atoms in total. The molecule has 0 saturated heterocycles. The number of benzene rings is 1. The standard InChI is InChI=1S/C15H23Br/c1-6-15(4,5)14(16)13-9-7-12(8-10-13)11(2)3/h7-11,14H,6H2,1-5H3. The lowest BCUT2D eigenvalue weighted by Gasteiger charge is -2.29. The van der Waals surface area contributed by atoms with Crippen LogP contribution in [0.25, 0.3) is 0 Å². The average molecular weight is 283 g/mol. The minimum Gasteiger partial charge on any atom is -0.0833 e. The fourth-order valence-electron chi connectivity index (χ4n) is 1.68. The van der Waals surface area contributed by atoms with E-state index in [0.717, 1.165) is 0 Å². The Bertz CT molecular complexity index is 322. The van der Waals surface area contributed by atoms with E-state index in [4.69, 9.17) is 0 Å². The first-order valence-electron chi connectivity index (χ1n) is 6.12. The average Bonchev–Trinajstić information content (AvgIpc) is 2.28. The van der Waals surface area contributed by atoms with E-state index in [1.807, 2.05) is 0 Å². The summed E-state index contributed by atoms with van der Waals surface area (Å²) in [6.07, 6.45) is 1.18. The molecule has 0 spiro atoms. The zero-order chi connectivity index (χ0) is 12.3. The van der Waals surface area contributed by atoms with E-state index in [0.29, 0.717) is 16.2 Å². The molecular formula is C15H23Br. The third kappa shape index (κ3) is 3.10. The highest BCUT2D eigenvalue weighted by Gasteiger charge is 2.26. The van der Waals surface area contributed by atoms with E-state index < -0.39 is 0 Å². The van der Waals surface area contributed by atoms with Gasteiger partial charge in [-0.3, -0.25) is 0 Å². The van der Waals surface area contributed by atoms with E-state index in [9.17, 15) is 0 Å². The summed E-state index contributed by atoms with van der Waals surface area (Å²) in [5.74, 6) is 0.613. The summed E-state index contributed by atoms with van der Waals surface area (Å²) in [5.41, 5.74) is 3.10. The van der Waals surface area contributed by atoms with Crippen LogP contribution in [-0.2, 0) is 0 Å². The van der Waals surface area contributed by atoms with Gasteiger partial charge >= 0.3 is 0 Å². The normalized spacial score (nSPS) is 14.2. The molecule has 0 N–H and O–H groups in total. The van der Waals surface area contributed by atoms with Crippen molar-refractivity contribution >= 4 is 15.9 Å². The summed E-state index contributed by atoms with van der Waals surface area (Å²) in [6.45, 7) is 11.3. The molecule has 0 radical (unpaired) electrons.